The van der Waals surface area contributed by atoms with Crippen molar-refractivity contribution in [2.24, 2.45) is 0 Å². The van der Waals surface area contributed by atoms with Crippen molar-refractivity contribution in [3.63, 3.8) is 0 Å². The van der Waals surface area contributed by atoms with E-state index in [4.69, 9.17) is 12.2 Å². The van der Waals surface area contributed by atoms with Gasteiger partial charge >= 0.3 is 0 Å². The number of hydrogen-bond acceptors (Lipinski definition) is 2. The van der Waals surface area contributed by atoms with Crippen LogP contribution in [-0.2, 0) is 6.42 Å². The number of H-pyrrole nitrogens is 1. The Morgan fingerprint density at radius 1 is 1.27 bits per heavy atom. The molecule has 1 aromatic heterocycles. The molecule has 0 saturated carbocycles. The summed E-state index contributed by atoms with van der Waals surface area (Å²) < 4.78 is 0.734. The number of nitrogens with zero attached hydrogens (tertiary/aromatic N) is 1. The third kappa shape index (κ3) is 2.13. The maximum Gasteiger partial charge on any atom is 0.122 e. The molecule has 3 heteroatoms. The summed E-state index contributed by atoms with van der Waals surface area (Å²) in [5.41, 5.74) is 3.19. The predicted octanol–water partition coefficient (Wildman–Crippen LogP) is 3.37. The normalized spacial score (nSPS) is 10.2. The second-order valence-corrected chi connectivity index (χ2v) is 3.74. The Morgan fingerprint density at radius 3 is 2.67 bits per heavy atom. The largest absolute Gasteiger partial charge is 0.267 e. The van der Waals surface area contributed by atoms with Gasteiger partial charge in [0, 0.05) is 5.56 Å². The third-order valence-corrected chi connectivity index (χ3v) is 2.68. The minimum Gasteiger partial charge on any atom is -0.267 e. The number of hydrogen-bond donors (Lipinski definition) is 1. The Bertz CT molecular complexity index is 503. The van der Waals surface area contributed by atoms with Crippen LogP contribution in [-0.4, -0.2) is 10.2 Å². The maximum atomic E-state index is 5.14. The monoisotopic (exact) mass is 216 g/mol. The topological polar surface area (TPSA) is 28.7 Å². The van der Waals surface area contributed by atoms with Crippen molar-refractivity contribution < 1.29 is 0 Å². The van der Waals surface area contributed by atoms with Crippen LogP contribution >= 0.6 is 12.2 Å². The Morgan fingerprint density at radius 2 is 2.00 bits per heavy atom. The lowest BCUT2D eigenvalue weighted by atomic mass is 10.1. The average molecular weight is 216 g/mol. The van der Waals surface area contributed by atoms with Gasteiger partial charge in [-0.25, -0.2) is 0 Å². The van der Waals surface area contributed by atoms with Gasteiger partial charge in [-0.05, 0) is 18.1 Å². The van der Waals surface area contributed by atoms with Gasteiger partial charge < -0.3 is 0 Å². The Labute approximate surface area is 94.0 Å². The van der Waals surface area contributed by atoms with Crippen LogP contribution in [0.15, 0.2) is 36.4 Å². The van der Waals surface area contributed by atoms with Gasteiger partial charge in [0.05, 0.1) is 5.69 Å². The summed E-state index contributed by atoms with van der Waals surface area (Å²) in [6.45, 7) is 2.09. The van der Waals surface area contributed by atoms with Crippen LogP contribution in [0.5, 0.6) is 0 Å². The van der Waals surface area contributed by atoms with Crippen molar-refractivity contribution in [1.29, 1.82) is 0 Å². The van der Waals surface area contributed by atoms with E-state index in [9.17, 15) is 0 Å². The van der Waals surface area contributed by atoms with Gasteiger partial charge in [0.1, 0.15) is 4.64 Å². The summed E-state index contributed by atoms with van der Waals surface area (Å²) in [7, 11) is 0. The number of aryl methyl sites for hydroxylation is 1. The molecule has 1 N–H and O–H groups in total. The van der Waals surface area contributed by atoms with Crippen LogP contribution in [0.1, 0.15) is 12.5 Å². The van der Waals surface area contributed by atoms with Crippen molar-refractivity contribution >= 4 is 12.2 Å². The standard InChI is InChI=1S/C12H12N2S/c1-2-9-8-11(13-14-12(9)15)10-6-4-3-5-7-10/h3-8H,2H2,1H3,(H,14,15). The molecular formula is C12H12N2S. The highest BCUT2D eigenvalue weighted by atomic mass is 32.1. The predicted molar refractivity (Wildman–Crippen MR) is 64.2 cm³/mol. The summed E-state index contributed by atoms with van der Waals surface area (Å²) >= 11 is 5.14. The number of rotatable bonds is 2. The molecule has 0 radical (unpaired) electrons. The molecule has 0 amide bonds. The molecule has 1 heterocycles. The molecule has 0 spiro atoms. The molecule has 0 aliphatic rings. The smallest absolute Gasteiger partial charge is 0.122 e. The van der Waals surface area contributed by atoms with Crippen LogP contribution in [0.2, 0.25) is 0 Å². The van der Waals surface area contributed by atoms with E-state index in [-0.39, 0.29) is 0 Å². The van der Waals surface area contributed by atoms with E-state index in [0.717, 1.165) is 27.9 Å². The fourth-order valence-corrected chi connectivity index (χ4v) is 1.71. The Kier molecular flexibility index (Phi) is 2.92. The second-order valence-electron chi connectivity index (χ2n) is 3.33. The molecule has 0 atom stereocenters. The van der Waals surface area contributed by atoms with Gasteiger partial charge in [0.2, 0.25) is 0 Å². The highest BCUT2D eigenvalue weighted by molar-refractivity contribution is 7.71. The summed E-state index contributed by atoms with van der Waals surface area (Å²) in [6.07, 6.45) is 0.928. The van der Waals surface area contributed by atoms with Gasteiger partial charge in [0.15, 0.2) is 0 Å². The average Bonchev–Trinajstić information content (AvgIpc) is 2.31. The zero-order valence-electron chi connectivity index (χ0n) is 8.53. The van der Waals surface area contributed by atoms with Crippen LogP contribution < -0.4 is 0 Å². The van der Waals surface area contributed by atoms with E-state index < -0.39 is 0 Å². The quantitative estimate of drug-likeness (QED) is 0.780. The van der Waals surface area contributed by atoms with Gasteiger partial charge in [-0.15, -0.1) is 0 Å². The van der Waals surface area contributed by atoms with E-state index >= 15 is 0 Å². The lowest BCUT2D eigenvalue weighted by Crippen LogP contribution is -1.92. The SMILES string of the molecule is CCc1cc(-c2ccccc2)n[nH]c1=S. The van der Waals surface area contributed by atoms with Gasteiger partial charge in [-0.3, -0.25) is 5.10 Å². The van der Waals surface area contributed by atoms with E-state index in [2.05, 4.69) is 17.1 Å². The summed E-state index contributed by atoms with van der Waals surface area (Å²) in [5, 5.41) is 7.11. The fraction of sp³-hybridized carbons (Fsp3) is 0.167. The summed E-state index contributed by atoms with van der Waals surface area (Å²) in [5.74, 6) is 0. The van der Waals surface area contributed by atoms with Gasteiger partial charge in [0.25, 0.3) is 0 Å². The first kappa shape index (κ1) is 10.1. The maximum absolute atomic E-state index is 5.14. The third-order valence-electron chi connectivity index (χ3n) is 2.33. The Balaban J connectivity index is 2.51. The molecule has 2 nitrogen and oxygen atoms in total. The molecule has 2 aromatic rings. The lowest BCUT2D eigenvalue weighted by Gasteiger charge is -2.02. The summed E-state index contributed by atoms with van der Waals surface area (Å²) in [6, 6.07) is 12.1. The molecule has 0 saturated heterocycles. The van der Waals surface area contributed by atoms with Gasteiger partial charge in [-0.1, -0.05) is 49.5 Å². The van der Waals surface area contributed by atoms with E-state index in [1.54, 1.807) is 0 Å². The molecule has 0 fully saturated rings. The van der Waals surface area contributed by atoms with E-state index in [1.165, 1.54) is 0 Å². The van der Waals surface area contributed by atoms with Crippen LogP contribution in [0, 0.1) is 4.64 Å². The first-order valence-corrected chi connectivity index (χ1v) is 5.36. The molecule has 2 rings (SSSR count). The molecular weight excluding hydrogens is 204 g/mol. The zero-order chi connectivity index (χ0) is 10.7. The van der Waals surface area contributed by atoms with Crippen molar-refractivity contribution in [2.45, 2.75) is 13.3 Å². The summed E-state index contributed by atoms with van der Waals surface area (Å²) in [4.78, 5) is 0. The number of aromatic amines is 1. The Hall–Kier alpha value is -1.48. The van der Waals surface area contributed by atoms with Crippen molar-refractivity contribution in [2.75, 3.05) is 0 Å². The van der Waals surface area contributed by atoms with Crippen LogP contribution in [0.3, 0.4) is 0 Å². The molecule has 0 unspecified atom stereocenters. The van der Waals surface area contributed by atoms with Crippen LogP contribution in [0.25, 0.3) is 11.3 Å². The number of nitrogens with one attached hydrogen (secondary N) is 1. The van der Waals surface area contributed by atoms with Crippen molar-refractivity contribution in [3.05, 3.63) is 46.6 Å². The van der Waals surface area contributed by atoms with Crippen LogP contribution in [0.4, 0.5) is 0 Å². The zero-order valence-corrected chi connectivity index (χ0v) is 9.34. The first-order chi connectivity index (χ1) is 7.31. The van der Waals surface area contributed by atoms with E-state index in [1.807, 2.05) is 36.4 Å². The number of aromatic nitrogens is 2. The molecule has 0 aliphatic carbocycles. The molecule has 0 bridgehead atoms. The second kappa shape index (κ2) is 4.36. The first-order valence-electron chi connectivity index (χ1n) is 4.95. The fourth-order valence-electron chi connectivity index (χ4n) is 1.47. The van der Waals surface area contributed by atoms with Crippen molar-refractivity contribution in [3.8, 4) is 11.3 Å². The molecule has 76 valence electrons. The molecule has 0 aliphatic heterocycles. The van der Waals surface area contributed by atoms with Gasteiger partial charge in [-0.2, -0.15) is 5.10 Å². The number of benzene rings is 1. The lowest BCUT2D eigenvalue weighted by molar-refractivity contribution is 0.973. The minimum absolute atomic E-state index is 0.734. The van der Waals surface area contributed by atoms with Crippen molar-refractivity contribution in [1.82, 2.24) is 10.2 Å². The highest BCUT2D eigenvalue weighted by Gasteiger charge is 2.00. The van der Waals surface area contributed by atoms with E-state index in [0.29, 0.717) is 0 Å². The molecule has 15 heavy (non-hydrogen) atoms. The molecule has 1 aromatic carbocycles. The highest BCUT2D eigenvalue weighted by Crippen LogP contribution is 2.16. The minimum atomic E-state index is 0.734.